The van der Waals surface area contributed by atoms with E-state index in [2.05, 4.69) is 4.98 Å². The van der Waals surface area contributed by atoms with Crippen molar-refractivity contribution in [3.63, 3.8) is 0 Å². The number of amides is 1. The number of halogens is 3. The van der Waals surface area contributed by atoms with E-state index in [4.69, 9.17) is 0 Å². The largest absolute Gasteiger partial charge is 0.449 e. The number of hydrogen-bond donors (Lipinski definition) is 1. The zero-order chi connectivity index (χ0) is 17.4. The van der Waals surface area contributed by atoms with E-state index in [0.29, 0.717) is 6.42 Å². The lowest BCUT2D eigenvalue weighted by Gasteiger charge is -2.06. The van der Waals surface area contributed by atoms with Crippen LogP contribution in [0.3, 0.4) is 0 Å². The summed E-state index contributed by atoms with van der Waals surface area (Å²) in [5.74, 6) is -2.22. The Balaban J connectivity index is 2.39. The fourth-order valence-corrected chi connectivity index (χ4v) is 3.15. The molecule has 0 aliphatic rings. The number of carbonyl (C=O) groups excluding carboxylic acids is 1. The highest BCUT2D eigenvalue weighted by atomic mass is 32.2. The molecular formula is C13H14F3N3O3S. The van der Waals surface area contributed by atoms with Gasteiger partial charge in [-0.15, -0.1) is 0 Å². The number of rotatable bonds is 4. The molecule has 0 atom stereocenters. The Morgan fingerprint density at radius 2 is 2.00 bits per heavy atom. The second kappa shape index (κ2) is 5.84. The second-order valence-electron chi connectivity index (χ2n) is 4.95. The first-order valence-corrected chi connectivity index (χ1v) is 8.29. The van der Waals surface area contributed by atoms with Crippen molar-refractivity contribution in [3.05, 3.63) is 29.6 Å². The van der Waals surface area contributed by atoms with Crippen LogP contribution >= 0.6 is 0 Å². The highest BCUT2D eigenvalue weighted by Crippen LogP contribution is 2.30. The third kappa shape index (κ3) is 3.63. The van der Waals surface area contributed by atoms with E-state index in [1.807, 2.05) is 4.72 Å². The van der Waals surface area contributed by atoms with Crippen LogP contribution < -0.4 is 4.72 Å². The van der Waals surface area contributed by atoms with Crippen LogP contribution in [0.1, 0.15) is 29.5 Å². The van der Waals surface area contributed by atoms with Crippen molar-refractivity contribution in [2.75, 3.05) is 5.75 Å². The average Bonchev–Trinajstić information content (AvgIpc) is 2.75. The van der Waals surface area contributed by atoms with Gasteiger partial charge in [-0.1, -0.05) is 6.92 Å². The zero-order valence-electron chi connectivity index (χ0n) is 12.3. The molecule has 1 heterocycles. The monoisotopic (exact) mass is 349 g/mol. The Kier molecular flexibility index (Phi) is 4.38. The Labute approximate surface area is 130 Å². The van der Waals surface area contributed by atoms with Crippen molar-refractivity contribution in [3.8, 4) is 0 Å². The molecule has 0 aliphatic heterocycles. The molecule has 126 valence electrons. The van der Waals surface area contributed by atoms with Crippen molar-refractivity contribution in [1.29, 1.82) is 0 Å². The molecule has 1 aromatic carbocycles. The lowest BCUT2D eigenvalue weighted by atomic mass is 10.2. The first kappa shape index (κ1) is 17.3. The summed E-state index contributed by atoms with van der Waals surface area (Å²) in [5.41, 5.74) is 0.0645. The van der Waals surface area contributed by atoms with Gasteiger partial charge in [-0.25, -0.2) is 18.1 Å². The molecule has 2 aromatic rings. The van der Waals surface area contributed by atoms with E-state index in [-0.39, 0.29) is 22.3 Å². The molecule has 23 heavy (non-hydrogen) atoms. The zero-order valence-corrected chi connectivity index (χ0v) is 13.1. The molecule has 6 nitrogen and oxygen atoms in total. The summed E-state index contributed by atoms with van der Waals surface area (Å²) in [4.78, 5) is 15.4. The predicted molar refractivity (Wildman–Crippen MR) is 77.3 cm³/mol. The topological polar surface area (TPSA) is 81.1 Å². The molecule has 0 spiro atoms. The van der Waals surface area contributed by atoms with E-state index < -0.39 is 27.9 Å². The minimum atomic E-state index is -4.62. The summed E-state index contributed by atoms with van der Waals surface area (Å²) in [6.07, 6.45) is -4.29. The summed E-state index contributed by atoms with van der Waals surface area (Å²) >= 11 is 0. The van der Waals surface area contributed by atoms with Gasteiger partial charge in [0, 0.05) is 12.6 Å². The van der Waals surface area contributed by atoms with Crippen molar-refractivity contribution >= 4 is 27.0 Å². The van der Waals surface area contributed by atoms with Gasteiger partial charge < -0.3 is 4.57 Å². The number of nitrogens with zero attached hydrogens (tertiary/aromatic N) is 2. The summed E-state index contributed by atoms with van der Waals surface area (Å²) in [5, 5.41) is 0. The Morgan fingerprint density at radius 3 is 2.57 bits per heavy atom. The fourth-order valence-electron chi connectivity index (χ4n) is 2.11. The summed E-state index contributed by atoms with van der Waals surface area (Å²) in [7, 11) is -2.55. The van der Waals surface area contributed by atoms with Gasteiger partial charge in [-0.3, -0.25) is 4.79 Å². The third-order valence-electron chi connectivity index (χ3n) is 3.12. The van der Waals surface area contributed by atoms with Crippen LogP contribution in [0.25, 0.3) is 11.0 Å². The number of aromatic nitrogens is 2. The number of carbonyl (C=O) groups is 1. The van der Waals surface area contributed by atoms with Gasteiger partial charge in [0.05, 0.1) is 16.8 Å². The van der Waals surface area contributed by atoms with Gasteiger partial charge >= 0.3 is 6.18 Å². The third-order valence-corrected chi connectivity index (χ3v) is 4.56. The number of aryl methyl sites for hydroxylation is 1. The summed E-state index contributed by atoms with van der Waals surface area (Å²) < 4.78 is 64.3. The molecule has 2 rings (SSSR count). The van der Waals surface area contributed by atoms with Crippen molar-refractivity contribution < 1.29 is 26.4 Å². The Bertz CT molecular complexity index is 856. The van der Waals surface area contributed by atoms with Crippen LogP contribution in [0.5, 0.6) is 0 Å². The Morgan fingerprint density at radius 1 is 1.35 bits per heavy atom. The number of alkyl halides is 3. The van der Waals surface area contributed by atoms with Crippen molar-refractivity contribution in [1.82, 2.24) is 14.3 Å². The first-order valence-electron chi connectivity index (χ1n) is 6.63. The maximum atomic E-state index is 12.8. The van der Waals surface area contributed by atoms with Crippen molar-refractivity contribution in [2.45, 2.75) is 19.5 Å². The molecule has 0 aliphatic carbocycles. The van der Waals surface area contributed by atoms with Crippen LogP contribution in [0, 0.1) is 0 Å². The van der Waals surface area contributed by atoms with Gasteiger partial charge in [-0.05, 0) is 24.6 Å². The number of fused-ring (bicyclic) bond motifs is 1. The van der Waals surface area contributed by atoms with Crippen LogP contribution in [0.4, 0.5) is 13.2 Å². The molecule has 0 fully saturated rings. The molecule has 0 bridgehead atoms. The molecule has 10 heteroatoms. The molecule has 0 radical (unpaired) electrons. The normalized spacial score (nSPS) is 12.6. The highest BCUT2D eigenvalue weighted by molar-refractivity contribution is 7.90. The van der Waals surface area contributed by atoms with Gasteiger partial charge in [0.15, 0.2) is 0 Å². The van der Waals surface area contributed by atoms with Gasteiger partial charge in [0.25, 0.3) is 5.91 Å². The smallest absolute Gasteiger partial charge is 0.323 e. The first-order chi connectivity index (χ1) is 10.5. The number of hydrogen-bond acceptors (Lipinski definition) is 4. The van der Waals surface area contributed by atoms with Crippen LogP contribution in [0.15, 0.2) is 18.2 Å². The molecule has 0 saturated carbocycles. The van der Waals surface area contributed by atoms with E-state index in [1.165, 1.54) is 19.2 Å². The van der Waals surface area contributed by atoms with E-state index in [1.54, 1.807) is 6.92 Å². The summed E-state index contributed by atoms with van der Waals surface area (Å²) in [6, 6.07) is 3.67. The molecule has 1 N–H and O–H groups in total. The Hall–Kier alpha value is -2.10. The maximum absolute atomic E-state index is 12.8. The van der Waals surface area contributed by atoms with Gasteiger partial charge in [0.1, 0.15) is 0 Å². The number of benzene rings is 1. The summed E-state index contributed by atoms with van der Waals surface area (Å²) in [6.45, 7) is 1.64. The van der Waals surface area contributed by atoms with E-state index in [0.717, 1.165) is 10.6 Å². The lowest BCUT2D eigenvalue weighted by Crippen LogP contribution is -2.32. The molecule has 1 amide bonds. The van der Waals surface area contributed by atoms with E-state index in [9.17, 15) is 26.4 Å². The van der Waals surface area contributed by atoms with Gasteiger partial charge in [0.2, 0.25) is 15.8 Å². The predicted octanol–water partition coefficient (Wildman–Crippen LogP) is 2.06. The minimum Gasteiger partial charge on any atom is -0.323 e. The average molecular weight is 349 g/mol. The van der Waals surface area contributed by atoms with Crippen LogP contribution in [0.2, 0.25) is 0 Å². The highest BCUT2D eigenvalue weighted by Gasteiger charge is 2.36. The second-order valence-corrected chi connectivity index (χ2v) is 6.79. The van der Waals surface area contributed by atoms with Crippen LogP contribution in [-0.2, 0) is 23.2 Å². The number of sulfonamides is 1. The van der Waals surface area contributed by atoms with Crippen LogP contribution in [-0.4, -0.2) is 29.6 Å². The van der Waals surface area contributed by atoms with Crippen molar-refractivity contribution in [2.24, 2.45) is 7.05 Å². The lowest BCUT2D eigenvalue weighted by molar-refractivity contribution is -0.146. The molecule has 1 aromatic heterocycles. The number of imidazole rings is 1. The quantitative estimate of drug-likeness (QED) is 0.916. The number of nitrogens with one attached hydrogen (secondary N) is 1. The maximum Gasteiger partial charge on any atom is 0.449 e. The molecular weight excluding hydrogens is 335 g/mol. The fraction of sp³-hybridized carbons (Fsp3) is 0.385. The molecule has 0 unspecified atom stereocenters. The SMILES string of the molecule is CCCS(=O)(=O)NC(=O)c1ccc2c(c1)nc(C(F)(F)F)n2C. The van der Waals surface area contributed by atoms with E-state index >= 15 is 0 Å². The standard InChI is InChI=1S/C13H14F3N3O3S/c1-3-6-23(21,22)18-11(20)8-4-5-10-9(7-8)17-12(19(10)2)13(14,15)16/h4-5,7H,3,6H2,1-2H3,(H,18,20). The minimum absolute atomic E-state index is 0.0413. The molecule has 0 saturated heterocycles. The van der Waals surface area contributed by atoms with Gasteiger partial charge in [-0.2, -0.15) is 13.2 Å².